The summed E-state index contributed by atoms with van der Waals surface area (Å²) in [6.45, 7) is -0.288. The van der Waals surface area contributed by atoms with E-state index in [9.17, 15) is 21.6 Å². The van der Waals surface area contributed by atoms with Gasteiger partial charge in [0.25, 0.3) is 10.0 Å². The van der Waals surface area contributed by atoms with Crippen molar-refractivity contribution < 1.29 is 35.5 Å². The Bertz CT molecular complexity index is 2080. The van der Waals surface area contributed by atoms with Crippen molar-refractivity contribution >= 4 is 56.3 Å². The summed E-state index contributed by atoms with van der Waals surface area (Å²) in [6.07, 6.45) is -1.44. The van der Waals surface area contributed by atoms with Crippen LogP contribution in [0.4, 0.5) is 29.1 Å². The molecular formula is C35H34Cl3F4N5O4S. The Labute approximate surface area is 313 Å². The SMILES string of the molecule is COc1ccc(CN(c2ccncn2)S(=O)(=O)c2cc(Cl)c(N[C@@H]3C[C@@H]4C(Cl)(Cl)[C@]4(c4cccc(C(F)(F)F)c4)C[C@H]3N(C)C)cc2F)c(OC)c1. The molecule has 0 saturated heterocycles. The first kappa shape index (κ1) is 38.2. The number of benzene rings is 3. The number of aromatic nitrogens is 2. The van der Waals surface area contributed by atoms with E-state index in [1.165, 1.54) is 38.9 Å². The number of methoxy groups -OCH3 is 2. The molecule has 4 atom stereocenters. The number of likely N-dealkylation sites (N-methyl/N-ethyl adjacent to an activating group) is 1. The summed E-state index contributed by atoms with van der Waals surface area (Å²) in [4.78, 5) is 9.18. The fourth-order valence-electron chi connectivity index (χ4n) is 7.24. The molecule has 0 radical (unpaired) electrons. The monoisotopic (exact) mass is 801 g/mol. The topological polar surface area (TPSA) is 96.9 Å². The number of hydrogen-bond acceptors (Lipinski definition) is 8. The van der Waals surface area contributed by atoms with Gasteiger partial charge in [-0.1, -0.05) is 29.8 Å². The normalized spacial score (nSPS) is 22.4. The molecule has 2 fully saturated rings. The van der Waals surface area contributed by atoms with Crippen LogP contribution in [0.2, 0.25) is 5.02 Å². The number of nitrogens with one attached hydrogen (secondary N) is 1. The van der Waals surface area contributed by atoms with Gasteiger partial charge in [-0.15, -0.1) is 23.2 Å². The number of hydrogen-bond donors (Lipinski definition) is 1. The molecule has 6 rings (SSSR count). The third-order valence-corrected chi connectivity index (χ3v) is 13.2. The summed E-state index contributed by atoms with van der Waals surface area (Å²) in [6, 6.07) is 12.5. The van der Waals surface area contributed by atoms with Gasteiger partial charge in [-0.2, -0.15) is 13.2 Å². The van der Waals surface area contributed by atoms with Gasteiger partial charge in [-0.3, -0.25) is 0 Å². The smallest absolute Gasteiger partial charge is 0.416 e. The average molecular weight is 803 g/mol. The third-order valence-electron chi connectivity index (χ3n) is 9.96. The number of fused-ring (bicyclic) bond motifs is 1. The molecule has 278 valence electrons. The first-order valence-corrected chi connectivity index (χ1v) is 18.5. The van der Waals surface area contributed by atoms with Crippen LogP contribution in [0.1, 0.15) is 29.5 Å². The summed E-state index contributed by atoms with van der Waals surface area (Å²) < 4.78 is 95.8. The predicted molar refractivity (Wildman–Crippen MR) is 192 cm³/mol. The van der Waals surface area contributed by atoms with Crippen molar-refractivity contribution in [2.75, 3.05) is 37.9 Å². The highest BCUT2D eigenvalue weighted by Gasteiger charge is 2.78. The van der Waals surface area contributed by atoms with Crippen LogP contribution in [0.25, 0.3) is 0 Å². The van der Waals surface area contributed by atoms with Crippen LogP contribution in [0.5, 0.6) is 11.5 Å². The number of anilines is 2. The highest BCUT2D eigenvalue weighted by molar-refractivity contribution is 7.92. The molecule has 3 aromatic carbocycles. The number of ether oxygens (including phenoxy) is 2. The summed E-state index contributed by atoms with van der Waals surface area (Å²) in [7, 11) is 1.88. The quantitative estimate of drug-likeness (QED) is 0.121. The largest absolute Gasteiger partial charge is 0.497 e. The molecule has 0 aliphatic heterocycles. The molecule has 17 heteroatoms. The van der Waals surface area contributed by atoms with Crippen molar-refractivity contribution in [3.8, 4) is 11.5 Å². The van der Waals surface area contributed by atoms with E-state index in [1.54, 1.807) is 24.3 Å². The molecule has 1 N–H and O–H groups in total. The van der Waals surface area contributed by atoms with Gasteiger partial charge in [0.2, 0.25) is 0 Å². The Hall–Kier alpha value is -3.56. The number of rotatable bonds is 11. The second kappa shape index (κ2) is 14.0. The highest BCUT2D eigenvalue weighted by Crippen LogP contribution is 2.75. The highest BCUT2D eigenvalue weighted by atomic mass is 35.5. The maximum Gasteiger partial charge on any atom is 0.416 e. The van der Waals surface area contributed by atoms with Crippen molar-refractivity contribution in [2.45, 2.75) is 52.3 Å². The zero-order valence-corrected chi connectivity index (χ0v) is 31.3. The molecule has 0 unspecified atom stereocenters. The predicted octanol–water partition coefficient (Wildman–Crippen LogP) is 7.95. The van der Waals surface area contributed by atoms with Gasteiger partial charge in [0, 0.05) is 47.3 Å². The minimum Gasteiger partial charge on any atom is -0.497 e. The van der Waals surface area contributed by atoms with Gasteiger partial charge in [0.15, 0.2) is 0 Å². The molecule has 1 aromatic heterocycles. The molecule has 2 saturated carbocycles. The number of sulfonamides is 1. The lowest BCUT2D eigenvalue weighted by molar-refractivity contribution is -0.137. The summed E-state index contributed by atoms with van der Waals surface area (Å²) in [5, 5.41) is 3.17. The second-order valence-corrected chi connectivity index (χ2v) is 16.6. The molecule has 0 amide bonds. The van der Waals surface area contributed by atoms with Crippen LogP contribution in [0.15, 0.2) is 78.1 Å². The minimum atomic E-state index is -4.64. The van der Waals surface area contributed by atoms with Crippen molar-refractivity contribution in [3.05, 3.63) is 101 Å². The van der Waals surface area contributed by atoms with E-state index in [0.29, 0.717) is 29.0 Å². The number of alkyl halides is 5. The van der Waals surface area contributed by atoms with E-state index < -0.39 is 54.2 Å². The van der Waals surface area contributed by atoms with Crippen LogP contribution < -0.4 is 19.1 Å². The summed E-state index contributed by atoms with van der Waals surface area (Å²) >= 11 is 20.4. The molecular weight excluding hydrogens is 769 g/mol. The number of halogens is 7. The van der Waals surface area contributed by atoms with Gasteiger partial charge in [-0.25, -0.2) is 27.1 Å². The summed E-state index contributed by atoms with van der Waals surface area (Å²) in [5.74, 6) is -0.738. The van der Waals surface area contributed by atoms with Crippen molar-refractivity contribution in [3.63, 3.8) is 0 Å². The maximum absolute atomic E-state index is 16.1. The van der Waals surface area contributed by atoms with Crippen molar-refractivity contribution in [1.82, 2.24) is 14.9 Å². The van der Waals surface area contributed by atoms with Crippen LogP contribution in [-0.4, -0.2) is 68.0 Å². The van der Waals surface area contributed by atoms with Crippen LogP contribution in [0.3, 0.4) is 0 Å². The Balaban J connectivity index is 1.31. The molecule has 52 heavy (non-hydrogen) atoms. The Kier molecular flexibility index (Phi) is 10.3. The standard InChI is InChI=1S/C35H34Cl3F4N5O4S/c1-46(2)28-17-33(21-6-5-7-22(12-21)35(40,41)42)31(34(33,37)38)16-27(28)45-26-15-25(39)30(14-24(26)36)52(48,49)47(32-10-11-43-19-44-32)18-20-8-9-23(50-3)13-29(20)51-4/h5-15,19,27-28,31,45H,16-18H2,1-4H3/t27-,28-,31+,33+/m1/s1. The Morgan fingerprint density at radius 2 is 1.79 bits per heavy atom. The molecule has 0 spiro atoms. The lowest BCUT2D eigenvalue weighted by Crippen LogP contribution is -2.49. The van der Waals surface area contributed by atoms with Gasteiger partial charge >= 0.3 is 6.18 Å². The Morgan fingerprint density at radius 3 is 2.42 bits per heavy atom. The van der Waals surface area contributed by atoms with E-state index in [2.05, 4.69) is 15.3 Å². The lowest BCUT2D eigenvalue weighted by Gasteiger charge is -2.40. The minimum absolute atomic E-state index is 0.0269. The van der Waals surface area contributed by atoms with E-state index in [-0.39, 0.29) is 35.5 Å². The van der Waals surface area contributed by atoms with E-state index in [0.717, 1.165) is 28.6 Å². The third kappa shape index (κ3) is 6.72. The van der Waals surface area contributed by atoms with Gasteiger partial charge < -0.3 is 19.7 Å². The van der Waals surface area contributed by atoms with Crippen LogP contribution in [-0.2, 0) is 28.2 Å². The van der Waals surface area contributed by atoms with E-state index in [1.807, 2.05) is 19.0 Å². The van der Waals surface area contributed by atoms with Crippen LogP contribution in [0, 0.1) is 11.7 Å². The fraction of sp³-hybridized carbons (Fsp3) is 0.371. The van der Waals surface area contributed by atoms with Crippen LogP contribution >= 0.6 is 34.8 Å². The fourth-order valence-corrected chi connectivity index (χ4v) is 10.1. The van der Waals surface area contributed by atoms with Crippen molar-refractivity contribution in [2.24, 2.45) is 5.92 Å². The van der Waals surface area contributed by atoms with E-state index in [4.69, 9.17) is 44.3 Å². The summed E-state index contributed by atoms with van der Waals surface area (Å²) in [5.41, 5.74) is -0.814. The van der Waals surface area contributed by atoms with E-state index >= 15 is 4.39 Å². The first-order valence-electron chi connectivity index (χ1n) is 15.9. The molecule has 9 nitrogen and oxygen atoms in total. The maximum atomic E-state index is 16.1. The lowest BCUT2D eigenvalue weighted by atomic mass is 9.77. The van der Waals surface area contributed by atoms with Gasteiger partial charge in [0.1, 0.15) is 38.7 Å². The molecule has 1 heterocycles. The number of nitrogens with zero attached hydrogens (tertiary/aromatic N) is 4. The zero-order valence-electron chi connectivity index (χ0n) is 28.3. The average Bonchev–Trinajstić information content (AvgIpc) is 3.61. The van der Waals surface area contributed by atoms with Gasteiger partial charge in [0.05, 0.1) is 37.0 Å². The van der Waals surface area contributed by atoms with Gasteiger partial charge in [-0.05, 0) is 62.8 Å². The molecule has 2 aliphatic rings. The van der Waals surface area contributed by atoms with Crippen molar-refractivity contribution in [1.29, 1.82) is 0 Å². The second-order valence-electron chi connectivity index (χ2n) is 13.0. The molecule has 2 aliphatic carbocycles. The first-order chi connectivity index (χ1) is 24.4. The zero-order chi connectivity index (χ0) is 37.8. The molecule has 4 aromatic rings. The molecule has 0 bridgehead atoms. The Morgan fingerprint density at radius 1 is 1.04 bits per heavy atom.